The van der Waals surface area contributed by atoms with Crippen molar-refractivity contribution in [1.29, 1.82) is 0 Å². The summed E-state index contributed by atoms with van der Waals surface area (Å²) in [4.78, 5) is 26.0. The Morgan fingerprint density at radius 3 is 2.66 bits per heavy atom. The van der Waals surface area contributed by atoms with Gasteiger partial charge >= 0.3 is 0 Å². The Hall–Kier alpha value is -4.28. The highest BCUT2D eigenvalue weighted by molar-refractivity contribution is 6.12. The molecule has 35 heavy (non-hydrogen) atoms. The molecule has 0 fully saturated rings. The van der Waals surface area contributed by atoms with Crippen LogP contribution in [0.5, 0.6) is 5.75 Å². The van der Waals surface area contributed by atoms with Gasteiger partial charge in [0.05, 0.1) is 23.2 Å². The summed E-state index contributed by atoms with van der Waals surface area (Å²) in [5.41, 5.74) is 2.74. The smallest absolute Gasteiger partial charge is 0.261 e. The summed E-state index contributed by atoms with van der Waals surface area (Å²) in [5.74, 6) is 1.84. The first-order valence-electron chi connectivity index (χ1n) is 10.8. The first-order valence-corrected chi connectivity index (χ1v) is 10.8. The normalized spacial score (nSPS) is 12.2. The Balaban J connectivity index is 0.00000171. The molecule has 0 radical (unpaired) electrons. The highest BCUT2D eigenvalue weighted by atomic mass is 16.5. The molecule has 4 aromatic rings. The van der Waals surface area contributed by atoms with Crippen LogP contribution >= 0.6 is 0 Å². The number of benzene rings is 1. The van der Waals surface area contributed by atoms with E-state index in [4.69, 9.17) is 4.74 Å². The molecule has 182 valence electrons. The van der Waals surface area contributed by atoms with Crippen LogP contribution in [0.2, 0.25) is 0 Å². The standard InChI is InChI=1S/C25H23N5O3.2H2O/c1-3-29-23-19(25(31)28(2)21-9-6-12-26-24(21)29)15-17(16-27-23)11-14-33-22-10-13-30(32)20-8-5-4-7-18(20)22;;/h4-10,12-13,15-16H,3,11,14H2,1-2H3;2*1H2. The molecule has 0 aliphatic carbocycles. The number of carbonyl (C=O) groups is 1. The van der Waals surface area contributed by atoms with Gasteiger partial charge in [-0.05, 0) is 36.8 Å². The lowest BCUT2D eigenvalue weighted by Crippen LogP contribution is -2.26. The van der Waals surface area contributed by atoms with Crippen LogP contribution in [0.25, 0.3) is 10.9 Å². The molecule has 0 atom stereocenters. The van der Waals surface area contributed by atoms with Crippen LogP contribution in [-0.2, 0) is 6.42 Å². The Labute approximate surface area is 202 Å². The predicted octanol–water partition coefficient (Wildman–Crippen LogP) is 1.98. The van der Waals surface area contributed by atoms with E-state index in [-0.39, 0.29) is 16.9 Å². The monoisotopic (exact) mass is 477 g/mol. The molecule has 1 aromatic carbocycles. The number of hydrogen-bond donors (Lipinski definition) is 0. The van der Waals surface area contributed by atoms with E-state index in [1.165, 1.54) is 6.20 Å². The fourth-order valence-electron chi connectivity index (χ4n) is 4.14. The molecular weight excluding hydrogens is 450 g/mol. The van der Waals surface area contributed by atoms with Gasteiger partial charge < -0.3 is 30.7 Å². The molecule has 10 nitrogen and oxygen atoms in total. The van der Waals surface area contributed by atoms with Gasteiger partial charge in [-0.2, -0.15) is 4.73 Å². The molecule has 1 aliphatic heterocycles. The first kappa shape index (κ1) is 25.3. The second-order valence-electron chi connectivity index (χ2n) is 7.79. The van der Waals surface area contributed by atoms with Crippen molar-refractivity contribution in [3.8, 4) is 5.75 Å². The van der Waals surface area contributed by atoms with Gasteiger partial charge in [-0.1, -0.05) is 12.1 Å². The lowest BCUT2D eigenvalue weighted by atomic mass is 10.1. The van der Waals surface area contributed by atoms with Crippen LogP contribution in [0.3, 0.4) is 0 Å². The Morgan fingerprint density at radius 2 is 1.86 bits per heavy atom. The average Bonchev–Trinajstić information content (AvgIpc) is 2.94. The number of aromatic nitrogens is 3. The van der Waals surface area contributed by atoms with Gasteiger partial charge in [0.2, 0.25) is 5.52 Å². The minimum absolute atomic E-state index is 0. The second kappa shape index (κ2) is 10.3. The Kier molecular flexibility index (Phi) is 7.48. The maximum absolute atomic E-state index is 13.3. The number of carbonyl (C=O) groups excluding carboxylic acids is 1. The third kappa shape index (κ3) is 4.44. The third-order valence-corrected chi connectivity index (χ3v) is 5.83. The summed E-state index contributed by atoms with van der Waals surface area (Å²) in [6.07, 6.45) is 5.51. The van der Waals surface area contributed by atoms with Crippen molar-refractivity contribution in [1.82, 2.24) is 9.97 Å². The molecule has 0 saturated heterocycles. The highest BCUT2D eigenvalue weighted by Crippen LogP contribution is 2.37. The molecule has 5 rings (SSSR count). The Morgan fingerprint density at radius 1 is 1.06 bits per heavy atom. The maximum atomic E-state index is 13.3. The van der Waals surface area contributed by atoms with Crippen molar-refractivity contribution in [2.75, 3.05) is 30.0 Å². The summed E-state index contributed by atoms with van der Waals surface area (Å²) in [7, 11) is 1.75. The number of fused-ring (bicyclic) bond motifs is 3. The van der Waals surface area contributed by atoms with E-state index in [0.29, 0.717) is 48.0 Å². The minimum Gasteiger partial charge on any atom is -0.618 e. The van der Waals surface area contributed by atoms with Crippen LogP contribution in [0, 0.1) is 5.21 Å². The van der Waals surface area contributed by atoms with E-state index in [2.05, 4.69) is 9.97 Å². The fourth-order valence-corrected chi connectivity index (χ4v) is 4.14. The van der Waals surface area contributed by atoms with Crippen molar-refractivity contribution < 1.29 is 25.2 Å². The van der Waals surface area contributed by atoms with Gasteiger partial charge in [0, 0.05) is 44.5 Å². The lowest BCUT2D eigenvalue weighted by Gasteiger charge is -2.22. The molecule has 0 spiro atoms. The number of hydrogen-bond acceptors (Lipinski definition) is 6. The summed E-state index contributed by atoms with van der Waals surface area (Å²) in [6.45, 7) is 3.03. The average molecular weight is 478 g/mol. The number of amides is 1. The van der Waals surface area contributed by atoms with Crippen LogP contribution in [0.4, 0.5) is 17.3 Å². The van der Waals surface area contributed by atoms with Crippen molar-refractivity contribution >= 4 is 34.1 Å². The van der Waals surface area contributed by atoms with E-state index in [1.54, 1.807) is 36.5 Å². The zero-order chi connectivity index (χ0) is 22.9. The number of nitrogens with zero attached hydrogens (tertiary/aromatic N) is 5. The molecule has 3 aromatic heterocycles. The number of anilines is 3. The zero-order valence-electron chi connectivity index (χ0n) is 19.4. The largest absolute Gasteiger partial charge is 0.618 e. The van der Waals surface area contributed by atoms with Gasteiger partial charge in [0.15, 0.2) is 12.0 Å². The summed E-state index contributed by atoms with van der Waals surface area (Å²) in [6, 6.07) is 14.6. The van der Waals surface area contributed by atoms with Crippen molar-refractivity contribution in [2.24, 2.45) is 0 Å². The fraction of sp³-hybridized carbons (Fsp3) is 0.200. The molecule has 0 unspecified atom stereocenters. The SMILES string of the molecule is CCN1c2ncc(CCOc3cc[n+]([O-])c4ccccc34)cc2C(=O)N(C)c2cccnc21.O.O. The molecule has 4 N–H and O–H groups in total. The first-order chi connectivity index (χ1) is 16.1. The van der Waals surface area contributed by atoms with Crippen LogP contribution < -0.4 is 19.3 Å². The minimum atomic E-state index is -0.125. The molecule has 10 heteroatoms. The zero-order valence-corrected chi connectivity index (χ0v) is 19.4. The summed E-state index contributed by atoms with van der Waals surface area (Å²) in [5, 5.41) is 12.7. The van der Waals surface area contributed by atoms with E-state index < -0.39 is 0 Å². The van der Waals surface area contributed by atoms with Gasteiger partial charge in [-0.3, -0.25) is 4.79 Å². The van der Waals surface area contributed by atoms with Crippen molar-refractivity contribution in [3.63, 3.8) is 0 Å². The van der Waals surface area contributed by atoms with Crippen LogP contribution in [-0.4, -0.2) is 47.0 Å². The van der Waals surface area contributed by atoms with Gasteiger partial charge in [-0.25, -0.2) is 9.97 Å². The number of para-hydroxylation sites is 1. The van der Waals surface area contributed by atoms with Crippen LogP contribution in [0.15, 0.2) is 67.1 Å². The van der Waals surface area contributed by atoms with Crippen molar-refractivity contribution in [3.05, 3.63) is 83.5 Å². The van der Waals surface area contributed by atoms with Crippen LogP contribution in [0.1, 0.15) is 22.8 Å². The highest BCUT2D eigenvalue weighted by Gasteiger charge is 2.30. The third-order valence-electron chi connectivity index (χ3n) is 5.83. The summed E-state index contributed by atoms with van der Waals surface area (Å²) >= 11 is 0. The lowest BCUT2D eigenvalue weighted by molar-refractivity contribution is -0.577. The number of pyridine rings is 3. The van der Waals surface area contributed by atoms with Gasteiger partial charge in [0.25, 0.3) is 5.91 Å². The molecule has 1 aliphatic rings. The Bertz CT molecular complexity index is 1360. The van der Waals surface area contributed by atoms with Crippen molar-refractivity contribution in [2.45, 2.75) is 13.3 Å². The molecule has 4 heterocycles. The quantitative estimate of drug-likeness (QED) is 0.317. The second-order valence-corrected chi connectivity index (χ2v) is 7.79. The van der Waals surface area contributed by atoms with E-state index >= 15 is 0 Å². The molecule has 0 bridgehead atoms. The maximum Gasteiger partial charge on any atom is 0.261 e. The van der Waals surface area contributed by atoms with E-state index in [1.807, 2.05) is 48.2 Å². The topological polar surface area (TPSA) is 148 Å². The van der Waals surface area contributed by atoms with E-state index in [0.717, 1.165) is 21.4 Å². The molecule has 0 saturated carbocycles. The molecular formula is C25H27N5O5. The predicted molar refractivity (Wildman–Crippen MR) is 133 cm³/mol. The number of rotatable bonds is 5. The van der Waals surface area contributed by atoms with Gasteiger partial charge in [0.1, 0.15) is 11.6 Å². The van der Waals surface area contributed by atoms with E-state index in [9.17, 15) is 10.0 Å². The summed E-state index contributed by atoms with van der Waals surface area (Å²) < 4.78 is 6.82. The number of ether oxygens (including phenoxy) is 1. The van der Waals surface area contributed by atoms with Gasteiger partial charge in [-0.15, -0.1) is 0 Å². The molecule has 1 amide bonds.